The Kier molecular flexibility index (Phi) is 9.21. The summed E-state index contributed by atoms with van der Waals surface area (Å²) in [5.41, 5.74) is 0.700. The molecular formula is C19H34N2O4. The maximum atomic E-state index is 10.1. The van der Waals surface area contributed by atoms with E-state index in [1.54, 1.807) is 7.11 Å². The minimum atomic E-state index is -0.545. The first kappa shape index (κ1) is 21.7. The minimum Gasteiger partial charge on any atom is -0.493 e. The van der Waals surface area contributed by atoms with Crippen LogP contribution in [0, 0.1) is 0 Å². The molecule has 0 amide bonds. The van der Waals surface area contributed by atoms with E-state index >= 15 is 0 Å². The second kappa shape index (κ2) is 10.6. The van der Waals surface area contributed by atoms with Gasteiger partial charge in [0.05, 0.1) is 13.7 Å². The van der Waals surface area contributed by atoms with Crippen LogP contribution in [0.4, 0.5) is 0 Å². The van der Waals surface area contributed by atoms with Crippen molar-refractivity contribution in [2.75, 3.05) is 40.0 Å². The molecule has 0 saturated carbocycles. The van der Waals surface area contributed by atoms with Crippen molar-refractivity contribution in [3.63, 3.8) is 0 Å². The number of benzene rings is 1. The Labute approximate surface area is 151 Å². The molecule has 0 aliphatic rings. The number of nitrogens with zero attached hydrogens (tertiary/aromatic N) is 1. The molecule has 6 nitrogen and oxygen atoms in total. The van der Waals surface area contributed by atoms with Gasteiger partial charge in [0.2, 0.25) is 0 Å². The third-order valence-corrected chi connectivity index (χ3v) is 4.19. The molecule has 0 saturated heterocycles. The summed E-state index contributed by atoms with van der Waals surface area (Å²) in [6.45, 7) is 11.3. The fourth-order valence-electron chi connectivity index (χ4n) is 2.36. The lowest BCUT2D eigenvalue weighted by atomic mass is 10.1. The predicted octanol–water partition coefficient (Wildman–Crippen LogP) is 1.64. The van der Waals surface area contributed by atoms with E-state index in [0.29, 0.717) is 24.6 Å². The number of rotatable bonds is 12. The number of hydrogen-bond acceptors (Lipinski definition) is 6. The number of hydrogen-bond donors (Lipinski definition) is 3. The summed E-state index contributed by atoms with van der Waals surface area (Å²) in [6, 6.07) is 5.72. The summed E-state index contributed by atoms with van der Waals surface area (Å²) in [4.78, 5) is 2.16. The van der Waals surface area contributed by atoms with Gasteiger partial charge < -0.3 is 29.9 Å². The van der Waals surface area contributed by atoms with Gasteiger partial charge in [-0.05, 0) is 44.6 Å². The molecule has 1 aromatic carbocycles. The quantitative estimate of drug-likeness (QED) is 0.530. The summed E-state index contributed by atoms with van der Waals surface area (Å²) in [5.74, 6) is 1.25. The molecule has 144 valence electrons. The van der Waals surface area contributed by atoms with Crippen LogP contribution in [0.3, 0.4) is 0 Å². The molecule has 1 unspecified atom stereocenters. The highest BCUT2D eigenvalue weighted by molar-refractivity contribution is 5.43. The third kappa shape index (κ3) is 7.61. The maximum Gasteiger partial charge on any atom is 0.161 e. The van der Waals surface area contributed by atoms with Gasteiger partial charge in [-0.1, -0.05) is 19.9 Å². The zero-order chi connectivity index (χ0) is 18.9. The van der Waals surface area contributed by atoms with E-state index in [0.717, 1.165) is 18.7 Å². The highest BCUT2D eigenvalue weighted by atomic mass is 16.5. The van der Waals surface area contributed by atoms with Crippen molar-refractivity contribution in [3.05, 3.63) is 23.8 Å². The third-order valence-electron chi connectivity index (χ3n) is 4.19. The highest BCUT2D eigenvalue weighted by Crippen LogP contribution is 2.28. The molecule has 25 heavy (non-hydrogen) atoms. The van der Waals surface area contributed by atoms with E-state index in [-0.39, 0.29) is 18.8 Å². The number of aliphatic hydroxyl groups excluding tert-OH is 2. The molecule has 0 spiro atoms. The van der Waals surface area contributed by atoms with Crippen molar-refractivity contribution in [1.29, 1.82) is 0 Å². The number of nitrogens with one attached hydrogen (secondary N) is 1. The first-order valence-corrected chi connectivity index (χ1v) is 8.91. The van der Waals surface area contributed by atoms with E-state index in [9.17, 15) is 10.2 Å². The summed E-state index contributed by atoms with van der Waals surface area (Å²) >= 11 is 0. The molecule has 3 N–H and O–H groups in total. The SMILES string of the molecule is CCN(CC)CC(O)COc1ccc(CNC(C)(C)CO)cc1OC. The van der Waals surface area contributed by atoms with E-state index in [2.05, 4.69) is 24.1 Å². The van der Waals surface area contributed by atoms with Gasteiger partial charge in [0, 0.05) is 18.6 Å². The molecule has 1 atom stereocenters. The maximum absolute atomic E-state index is 10.1. The normalized spacial score (nSPS) is 13.1. The zero-order valence-corrected chi connectivity index (χ0v) is 16.2. The smallest absolute Gasteiger partial charge is 0.161 e. The number of ether oxygens (including phenoxy) is 2. The summed E-state index contributed by atoms with van der Waals surface area (Å²) in [5, 5.41) is 22.7. The average Bonchev–Trinajstić information content (AvgIpc) is 2.62. The molecule has 0 fully saturated rings. The van der Waals surface area contributed by atoms with Crippen LogP contribution in [0.1, 0.15) is 33.3 Å². The van der Waals surface area contributed by atoms with E-state index in [1.807, 2.05) is 32.0 Å². The van der Waals surface area contributed by atoms with Crippen LogP contribution in [-0.2, 0) is 6.54 Å². The Morgan fingerprint density at radius 1 is 1.20 bits per heavy atom. The minimum absolute atomic E-state index is 0.0652. The molecule has 0 aliphatic heterocycles. The van der Waals surface area contributed by atoms with Crippen LogP contribution in [0.25, 0.3) is 0 Å². The van der Waals surface area contributed by atoms with Crippen molar-refractivity contribution < 1.29 is 19.7 Å². The van der Waals surface area contributed by atoms with Crippen LogP contribution in [0.5, 0.6) is 11.5 Å². The lowest BCUT2D eigenvalue weighted by Gasteiger charge is -2.24. The Morgan fingerprint density at radius 3 is 2.44 bits per heavy atom. The molecule has 1 rings (SSSR count). The average molecular weight is 354 g/mol. The molecule has 0 radical (unpaired) electrons. The van der Waals surface area contributed by atoms with Gasteiger partial charge in [0.15, 0.2) is 11.5 Å². The highest BCUT2D eigenvalue weighted by Gasteiger charge is 2.16. The lowest BCUT2D eigenvalue weighted by Crippen LogP contribution is -2.42. The Hall–Kier alpha value is -1.34. The van der Waals surface area contributed by atoms with Gasteiger partial charge in [-0.15, -0.1) is 0 Å². The van der Waals surface area contributed by atoms with Crippen molar-refractivity contribution in [2.45, 2.75) is 45.9 Å². The fourth-order valence-corrected chi connectivity index (χ4v) is 2.36. The van der Waals surface area contributed by atoms with Crippen LogP contribution in [0.2, 0.25) is 0 Å². The van der Waals surface area contributed by atoms with Crippen molar-refractivity contribution in [1.82, 2.24) is 10.2 Å². The predicted molar refractivity (Wildman–Crippen MR) is 100 cm³/mol. The molecule has 6 heteroatoms. The largest absolute Gasteiger partial charge is 0.493 e. The van der Waals surface area contributed by atoms with E-state index < -0.39 is 6.10 Å². The number of likely N-dealkylation sites (N-methyl/N-ethyl adjacent to an activating group) is 1. The monoisotopic (exact) mass is 354 g/mol. The topological polar surface area (TPSA) is 74.2 Å². The first-order chi connectivity index (χ1) is 11.8. The van der Waals surface area contributed by atoms with Gasteiger partial charge in [-0.3, -0.25) is 0 Å². The zero-order valence-electron chi connectivity index (χ0n) is 16.2. The standard InChI is InChI=1S/C19H34N2O4/c1-6-21(7-2)12-16(23)13-25-17-9-8-15(10-18(17)24-5)11-20-19(3,4)14-22/h8-10,16,20,22-23H,6-7,11-14H2,1-5H3. The van der Waals surface area contributed by atoms with Crippen LogP contribution >= 0.6 is 0 Å². The van der Waals surface area contributed by atoms with Crippen LogP contribution < -0.4 is 14.8 Å². The Morgan fingerprint density at radius 2 is 1.88 bits per heavy atom. The molecule has 0 aliphatic carbocycles. The fraction of sp³-hybridized carbons (Fsp3) is 0.684. The van der Waals surface area contributed by atoms with Crippen LogP contribution in [0.15, 0.2) is 18.2 Å². The summed E-state index contributed by atoms with van der Waals surface area (Å²) in [7, 11) is 1.60. The first-order valence-electron chi connectivity index (χ1n) is 8.91. The molecule has 0 aromatic heterocycles. The molecule has 1 aromatic rings. The number of aliphatic hydroxyl groups is 2. The molecular weight excluding hydrogens is 320 g/mol. The van der Waals surface area contributed by atoms with E-state index in [1.165, 1.54) is 0 Å². The van der Waals surface area contributed by atoms with Crippen LogP contribution in [-0.4, -0.2) is 66.7 Å². The van der Waals surface area contributed by atoms with Crippen molar-refractivity contribution in [2.24, 2.45) is 0 Å². The molecule has 0 heterocycles. The van der Waals surface area contributed by atoms with Gasteiger partial charge >= 0.3 is 0 Å². The summed E-state index contributed by atoms with van der Waals surface area (Å²) in [6.07, 6.45) is -0.545. The van der Waals surface area contributed by atoms with Crippen molar-refractivity contribution in [3.8, 4) is 11.5 Å². The Bertz CT molecular complexity index is 504. The second-order valence-corrected chi connectivity index (χ2v) is 6.83. The van der Waals surface area contributed by atoms with Crippen molar-refractivity contribution >= 4 is 0 Å². The Balaban J connectivity index is 2.63. The van der Waals surface area contributed by atoms with Gasteiger partial charge in [0.25, 0.3) is 0 Å². The summed E-state index contributed by atoms with van der Waals surface area (Å²) < 4.78 is 11.1. The lowest BCUT2D eigenvalue weighted by molar-refractivity contribution is 0.0705. The number of methoxy groups -OCH3 is 1. The van der Waals surface area contributed by atoms with Gasteiger partial charge in [-0.25, -0.2) is 0 Å². The second-order valence-electron chi connectivity index (χ2n) is 6.83. The van der Waals surface area contributed by atoms with Gasteiger partial charge in [-0.2, -0.15) is 0 Å². The molecule has 0 bridgehead atoms. The van der Waals surface area contributed by atoms with E-state index in [4.69, 9.17) is 9.47 Å². The van der Waals surface area contributed by atoms with Gasteiger partial charge in [0.1, 0.15) is 12.7 Å².